The molecule has 0 radical (unpaired) electrons. The molecule has 2 aromatic rings. The Morgan fingerprint density at radius 3 is 2.80 bits per heavy atom. The Balaban J connectivity index is 2.07. The van der Waals surface area contributed by atoms with Gasteiger partial charge in [-0.2, -0.15) is 5.10 Å². The molecule has 0 aliphatic carbocycles. The number of nitrogens with zero attached hydrogens (tertiary/aromatic N) is 3. The van der Waals surface area contributed by atoms with E-state index < -0.39 is 5.97 Å². The average molecular weight is 274 g/mol. The summed E-state index contributed by atoms with van der Waals surface area (Å²) in [6.45, 7) is 2.24. The van der Waals surface area contributed by atoms with E-state index in [1.165, 1.54) is 18.3 Å². The first-order chi connectivity index (χ1) is 9.49. The quantitative estimate of drug-likeness (QED) is 0.857. The zero-order valence-electron chi connectivity index (χ0n) is 11.1. The minimum atomic E-state index is -1.16. The Labute approximate surface area is 115 Å². The van der Waals surface area contributed by atoms with Gasteiger partial charge >= 0.3 is 5.97 Å². The summed E-state index contributed by atoms with van der Waals surface area (Å²) in [5.41, 5.74) is 1.98. The van der Waals surface area contributed by atoms with Crippen LogP contribution in [-0.2, 0) is 13.6 Å². The molecular weight excluding hydrogens is 260 g/mol. The van der Waals surface area contributed by atoms with Crippen LogP contribution in [-0.4, -0.2) is 31.7 Å². The van der Waals surface area contributed by atoms with E-state index in [9.17, 15) is 9.59 Å². The van der Waals surface area contributed by atoms with Crippen molar-refractivity contribution < 1.29 is 14.7 Å². The number of rotatable bonds is 4. The van der Waals surface area contributed by atoms with Gasteiger partial charge in [0.1, 0.15) is 5.69 Å². The predicted molar refractivity (Wildman–Crippen MR) is 70.3 cm³/mol. The van der Waals surface area contributed by atoms with Crippen molar-refractivity contribution in [1.29, 1.82) is 0 Å². The molecule has 0 spiro atoms. The van der Waals surface area contributed by atoms with Crippen molar-refractivity contribution in [1.82, 2.24) is 20.1 Å². The summed E-state index contributed by atoms with van der Waals surface area (Å²) in [7, 11) is 1.82. The van der Waals surface area contributed by atoms with Crippen molar-refractivity contribution in [2.24, 2.45) is 7.05 Å². The normalized spacial score (nSPS) is 10.3. The molecule has 0 aliphatic rings. The number of aryl methyl sites for hydroxylation is 1. The number of carbonyl (C=O) groups is 2. The molecule has 0 atom stereocenters. The highest BCUT2D eigenvalue weighted by atomic mass is 16.4. The minimum absolute atomic E-state index is 0.157. The molecule has 2 aromatic heterocycles. The van der Waals surface area contributed by atoms with E-state index in [0.29, 0.717) is 6.54 Å². The van der Waals surface area contributed by atoms with Crippen molar-refractivity contribution in [3.63, 3.8) is 0 Å². The number of aromatic carboxylic acids is 1. The molecule has 20 heavy (non-hydrogen) atoms. The van der Waals surface area contributed by atoms with Crippen molar-refractivity contribution in [2.75, 3.05) is 0 Å². The third kappa shape index (κ3) is 2.82. The molecule has 2 heterocycles. The third-order valence-electron chi connectivity index (χ3n) is 3.02. The van der Waals surface area contributed by atoms with Gasteiger partial charge in [-0.15, -0.1) is 0 Å². The van der Waals surface area contributed by atoms with Gasteiger partial charge in [-0.3, -0.25) is 9.48 Å². The van der Waals surface area contributed by atoms with Crippen LogP contribution in [0.25, 0.3) is 0 Å². The monoisotopic (exact) mass is 274 g/mol. The summed E-state index contributed by atoms with van der Waals surface area (Å²) in [5, 5.41) is 15.6. The number of nitrogens with one attached hydrogen (secondary N) is 1. The van der Waals surface area contributed by atoms with Gasteiger partial charge in [-0.25, -0.2) is 9.78 Å². The smallest absolute Gasteiger partial charge is 0.354 e. The van der Waals surface area contributed by atoms with Gasteiger partial charge in [-0.1, -0.05) is 0 Å². The molecule has 7 nitrogen and oxygen atoms in total. The second kappa shape index (κ2) is 5.52. The standard InChI is InChI=1S/C13H14N4O3/c1-8-10(7-16-17(8)2)6-15-12(18)9-3-4-14-11(5-9)13(19)20/h3-5,7H,6H2,1-2H3,(H,15,18)(H,19,20). The van der Waals surface area contributed by atoms with Crippen molar-refractivity contribution in [3.05, 3.63) is 47.0 Å². The van der Waals surface area contributed by atoms with E-state index in [1.54, 1.807) is 10.9 Å². The summed E-state index contributed by atoms with van der Waals surface area (Å²) in [6, 6.07) is 2.71. The molecule has 0 bridgehead atoms. The van der Waals surface area contributed by atoms with Crippen LogP contribution >= 0.6 is 0 Å². The molecule has 1 amide bonds. The first-order valence-electron chi connectivity index (χ1n) is 5.94. The maximum Gasteiger partial charge on any atom is 0.354 e. The third-order valence-corrected chi connectivity index (χ3v) is 3.02. The summed E-state index contributed by atoms with van der Waals surface area (Å²) in [4.78, 5) is 26.4. The fraction of sp³-hybridized carbons (Fsp3) is 0.231. The number of pyridine rings is 1. The molecule has 0 unspecified atom stereocenters. The maximum absolute atomic E-state index is 12.0. The number of amides is 1. The number of carboxylic acid groups (broad SMARTS) is 1. The zero-order chi connectivity index (χ0) is 14.7. The zero-order valence-corrected chi connectivity index (χ0v) is 11.1. The SMILES string of the molecule is Cc1c(CNC(=O)c2ccnc(C(=O)O)c2)cnn1C. The fourth-order valence-electron chi connectivity index (χ4n) is 1.68. The molecule has 7 heteroatoms. The molecule has 0 aliphatic heterocycles. The summed E-state index contributed by atoms with van der Waals surface area (Å²) < 4.78 is 1.72. The summed E-state index contributed by atoms with van der Waals surface area (Å²) in [5.74, 6) is -1.51. The average Bonchev–Trinajstić information content (AvgIpc) is 2.76. The highest BCUT2D eigenvalue weighted by Crippen LogP contribution is 2.06. The lowest BCUT2D eigenvalue weighted by Crippen LogP contribution is -2.23. The second-order valence-corrected chi connectivity index (χ2v) is 4.30. The number of aromatic nitrogens is 3. The van der Waals surface area contributed by atoms with Crippen LogP contribution in [0.15, 0.2) is 24.5 Å². The Morgan fingerprint density at radius 1 is 1.45 bits per heavy atom. The van der Waals surface area contributed by atoms with Crippen molar-refractivity contribution in [2.45, 2.75) is 13.5 Å². The highest BCUT2D eigenvalue weighted by Gasteiger charge is 2.11. The van der Waals surface area contributed by atoms with E-state index >= 15 is 0 Å². The molecular formula is C13H14N4O3. The van der Waals surface area contributed by atoms with Crippen LogP contribution in [0.1, 0.15) is 32.1 Å². The van der Waals surface area contributed by atoms with E-state index in [-0.39, 0.29) is 17.2 Å². The van der Waals surface area contributed by atoms with Gasteiger partial charge in [-0.05, 0) is 19.1 Å². The van der Waals surface area contributed by atoms with Crippen molar-refractivity contribution in [3.8, 4) is 0 Å². The number of hydrogen-bond donors (Lipinski definition) is 2. The van der Waals surface area contributed by atoms with E-state index in [1.807, 2.05) is 14.0 Å². The molecule has 0 aromatic carbocycles. The summed E-state index contributed by atoms with van der Waals surface area (Å²) >= 11 is 0. The van der Waals surface area contributed by atoms with Gasteiger partial charge in [0.05, 0.1) is 6.20 Å². The molecule has 104 valence electrons. The lowest BCUT2D eigenvalue weighted by molar-refractivity contribution is 0.0690. The van der Waals surface area contributed by atoms with Gasteiger partial charge in [0.15, 0.2) is 0 Å². The Bertz CT molecular complexity index is 663. The maximum atomic E-state index is 12.0. The lowest BCUT2D eigenvalue weighted by atomic mass is 10.2. The van der Waals surface area contributed by atoms with Crippen LogP contribution in [0.2, 0.25) is 0 Å². The first kappa shape index (κ1) is 13.7. The van der Waals surface area contributed by atoms with E-state index in [2.05, 4.69) is 15.4 Å². The Kier molecular flexibility index (Phi) is 3.79. The Morgan fingerprint density at radius 2 is 2.20 bits per heavy atom. The van der Waals surface area contributed by atoms with Crippen LogP contribution in [0.3, 0.4) is 0 Å². The van der Waals surface area contributed by atoms with Crippen molar-refractivity contribution >= 4 is 11.9 Å². The molecule has 2 rings (SSSR count). The van der Waals surface area contributed by atoms with E-state index in [4.69, 9.17) is 5.11 Å². The number of carboxylic acids is 1. The molecule has 0 saturated carbocycles. The lowest BCUT2D eigenvalue weighted by Gasteiger charge is -2.05. The second-order valence-electron chi connectivity index (χ2n) is 4.30. The first-order valence-corrected chi connectivity index (χ1v) is 5.94. The molecule has 2 N–H and O–H groups in total. The predicted octanol–water partition coefficient (Wildman–Crippen LogP) is 0.752. The minimum Gasteiger partial charge on any atom is -0.477 e. The Hall–Kier alpha value is -2.70. The topological polar surface area (TPSA) is 97.1 Å². The van der Waals surface area contributed by atoms with Gasteiger partial charge < -0.3 is 10.4 Å². The van der Waals surface area contributed by atoms with Crippen LogP contribution in [0.4, 0.5) is 0 Å². The van der Waals surface area contributed by atoms with Crippen LogP contribution < -0.4 is 5.32 Å². The van der Waals surface area contributed by atoms with E-state index in [0.717, 1.165) is 11.3 Å². The molecule has 0 saturated heterocycles. The van der Waals surface area contributed by atoms with Crippen LogP contribution in [0.5, 0.6) is 0 Å². The van der Waals surface area contributed by atoms with Gasteiger partial charge in [0.2, 0.25) is 0 Å². The summed E-state index contributed by atoms with van der Waals surface area (Å²) in [6.07, 6.45) is 2.98. The largest absolute Gasteiger partial charge is 0.477 e. The van der Waals surface area contributed by atoms with Gasteiger partial charge in [0, 0.05) is 36.6 Å². The molecule has 0 fully saturated rings. The van der Waals surface area contributed by atoms with Gasteiger partial charge in [0.25, 0.3) is 5.91 Å². The number of hydrogen-bond acceptors (Lipinski definition) is 4. The fourth-order valence-corrected chi connectivity index (χ4v) is 1.68. The highest BCUT2D eigenvalue weighted by molar-refractivity contribution is 5.96. The number of carbonyl (C=O) groups excluding carboxylic acids is 1. The van der Waals surface area contributed by atoms with Crippen LogP contribution in [0, 0.1) is 6.92 Å².